The molecule has 1 aromatic carbocycles. The van der Waals surface area contributed by atoms with Crippen LogP contribution in [0.4, 0.5) is 0 Å². The first kappa shape index (κ1) is 20.4. The van der Waals surface area contributed by atoms with Gasteiger partial charge in [-0.15, -0.1) is 0 Å². The van der Waals surface area contributed by atoms with E-state index in [1.54, 1.807) is 27.5 Å². The number of rotatable bonds is 9. The second kappa shape index (κ2) is 10.9. The molecule has 0 amide bonds. The van der Waals surface area contributed by atoms with Gasteiger partial charge < -0.3 is 24.8 Å². The Bertz CT molecular complexity index is 736. The van der Waals surface area contributed by atoms with Gasteiger partial charge in [0.15, 0.2) is 17.5 Å². The summed E-state index contributed by atoms with van der Waals surface area (Å²) in [6.45, 7) is 4.04. The maximum Gasteiger partial charge on any atom is 0.203 e. The highest BCUT2D eigenvalue weighted by Crippen LogP contribution is 2.39. The molecule has 0 spiro atoms. The van der Waals surface area contributed by atoms with Gasteiger partial charge in [0.2, 0.25) is 5.75 Å². The Hall–Kier alpha value is -2.96. The Morgan fingerprint density at radius 1 is 1.00 bits per heavy atom. The van der Waals surface area contributed by atoms with Crippen LogP contribution in [0.3, 0.4) is 0 Å². The van der Waals surface area contributed by atoms with Crippen LogP contribution in [0.15, 0.2) is 41.5 Å². The Balaban J connectivity index is 2.02. The molecule has 1 heterocycles. The van der Waals surface area contributed by atoms with Crippen LogP contribution in [-0.2, 0) is 13.0 Å². The minimum absolute atomic E-state index is 0.524. The first-order valence-corrected chi connectivity index (χ1v) is 8.93. The van der Waals surface area contributed by atoms with Crippen LogP contribution >= 0.6 is 0 Å². The van der Waals surface area contributed by atoms with E-state index in [9.17, 15) is 0 Å². The van der Waals surface area contributed by atoms with Crippen molar-refractivity contribution < 1.29 is 14.2 Å². The summed E-state index contributed by atoms with van der Waals surface area (Å²) in [7, 11) is 4.85. The first-order valence-electron chi connectivity index (χ1n) is 8.93. The molecule has 27 heavy (non-hydrogen) atoms. The van der Waals surface area contributed by atoms with Crippen molar-refractivity contribution in [3.63, 3.8) is 0 Å². The second-order valence-corrected chi connectivity index (χ2v) is 5.69. The molecule has 0 saturated heterocycles. The van der Waals surface area contributed by atoms with Gasteiger partial charge in [0.05, 0.1) is 33.6 Å². The zero-order valence-corrected chi connectivity index (χ0v) is 16.4. The minimum Gasteiger partial charge on any atom is -0.493 e. The number of methoxy groups -OCH3 is 3. The summed E-state index contributed by atoms with van der Waals surface area (Å²) in [6.07, 6.45) is 2.52. The highest BCUT2D eigenvalue weighted by Gasteiger charge is 2.15. The van der Waals surface area contributed by atoms with Gasteiger partial charge >= 0.3 is 0 Å². The summed E-state index contributed by atoms with van der Waals surface area (Å²) >= 11 is 0. The number of aromatic nitrogens is 1. The summed E-state index contributed by atoms with van der Waals surface area (Å²) < 4.78 is 16.3. The average Bonchev–Trinajstić information content (AvgIpc) is 2.72. The Kier molecular flexibility index (Phi) is 8.22. The monoisotopic (exact) mass is 372 g/mol. The summed E-state index contributed by atoms with van der Waals surface area (Å²) in [6, 6.07) is 9.69. The second-order valence-electron chi connectivity index (χ2n) is 5.69. The van der Waals surface area contributed by atoms with E-state index < -0.39 is 0 Å². The molecule has 7 nitrogen and oxygen atoms in total. The van der Waals surface area contributed by atoms with Gasteiger partial charge in [0.25, 0.3) is 0 Å². The van der Waals surface area contributed by atoms with E-state index in [4.69, 9.17) is 14.2 Å². The van der Waals surface area contributed by atoms with Crippen LogP contribution in [0.1, 0.15) is 18.2 Å². The molecule has 0 saturated carbocycles. The third-order valence-corrected chi connectivity index (χ3v) is 3.94. The maximum atomic E-state index is 5.53. The molecule has 146 valence electrons. The molecule has 0 aliphatic heterocycles. The highest BCUT2D eigenvalue weighted by molar-refractivity contribution is 5.79. The summed E-state index contributed by atoms with van der Waals surface area (Å²) in [5.41, 5.74) is 1.96. The van der Waals surface area contributed by atoms with E-state index in [0.29, 0.717) is 30.3 Å². The molecular weight excluding hydrogens is 344 g/mol. The highest BCUT2D eigenvalue weighted by atomic mass is 16.5. The van der Waals surface area contributed by atoms with Crippen LogP contribution in [0.2, 0.25) is 0 Å². The Morgan fingerprint density at radius 3 is 2.44 bits per heavy atom. The summed E-state index contributed by atoms with van der Waals surface area (Å²) in [5.74, 6) is 2.70. The molecule has 2 aromatic rings. The predicted octanol–water partition coefficient (Wildman–Crippen LogP) is 2.41. The van der Waals surface area contributed by atoms with E-state index in [1.165, 1.54) is 0 Å². The van der Waals surface area contributed by atoms with Crippen molar-refractivity contribution >= 4 is 5.96 Å². The van der Waals surface area contributed by atoms with Crippen LogP contribution in [0.5, 0.6) is 17.2 Å². The van der Waals surface area contributed by atoms with Crippen molar-refractivity contribution in [3.05, 3.63) is 47.8 Å². The molecule has 7 heteroatoms. The van der Waals surface area contributed by atoms with E-state index in [0.717, 1.165) is 30.2 Å². The molecule has 0 unspecified atom stereocenters. The van der Waals surface area contributed by atoms with Gasteiger partial charge in [-0.25, -0.2) is 4.99 Å². The number of nitrogens with zero attached hydrogens (tertiary/aromatic N) is 2. The van der Waals surface area contributed by atoms with Gasteiger partial charge in [-0.3, -0.25) is 4.98 Å². The van der Waals surface area contributed by atoms with Gasteiger partial charge in [0.1, 0.15) is 0 Å². The lowest BCUT2D eigenvalue weighted by Gasteiger charge is -2.16. The lowest BCUT2D eigenvalue weighted by Crippen LogP contribution is -2.38. The molecule has 2 N–H and O–H groups in total. The number of pyridine rings is 1. The van der Waals surface area contributed by atoms with Crippen molar-refractivity contribution in [3.8, 4) is 17.2 Å². The smallest absolute Gasteiger partial charge is 0.203 e. The average molecular weight is 372 g/mol. The lowest BCUT2D eigenvalue weighted by atomic mass is 10.1. The number of hydrogen-bond acceptors (Lipinski definition) is 5. The van der Waals surface area contributed by atoms with Crippen molar-refractivity contribution in [1.29, 1.82) is 0 Å². The van der Waals surface area contributed by atoms with Crippen LogP contribution in [0.25, 0.3) is 0 Å². The van der Waals surface area contributed by atoms with Crippen molar-refractivity contribution in [1.82, 2.24) is 15.6 Å². The van der Waals surface area contributed by atoms with E-state index in [1.807, 2.05) is 37.3 Å². The quantitative estimate of drug-likeness (QED) is 0.520. The maximum absolute atomic E-state index is 5.53. The number of benzene rings is 1. The molecule has 0 atom stereocenters. The number of aliphatic imine (C=N–C) groups is 1. The zero-order chi connectivity index (χ0) is 19.5. The number of ether oxygens (including phenoxy) is 3. The fourth-order valence-electron chi connectivity index (χ4n) is 2.67. The fraction of sp³-hybridized carbons (Fsp3) is 0.400. The van der Waals surface area contributed by atoms with Crippen molar-refractivity contribution in [2.24, 2.45) is 4.99 Å². The molecular formula is C20H28N4O3. The fourth-order valence-corrected chi connectivity index (χ4v) is 2.67. The van der Waals surface area contributed by atoms with E-state index in [2.05, 4.69) is 20.6 Å². The van der Waals surface area contributed by atoms with Crippen molar-refractivity contribution in [2.45, 2.75) is 19.9 Å². The van der Waals surface area contributed by atoms with Gasteiger partial charge in [-0.05, 0) is 31.5 Å². The largest absolute Gasteiger partial charge is 0.493 e. The van der Waals surface area contributed by atoms with E-state index in [-0.39, 0.29) is 0 Å². The molecule has 0 aliphatic rings. The Labute approximate surface area is 160 Å². The molecule has 2 rings (SSSR count). The summed E-state index contributed by atoms with van der Waals surface area (Å²) in [5, 5.41) is 6.58. The molecule has 0 aliphatic carbocycles. The molecule has 1 aromatic heterocycles. The van der Waals surface area contributed by atoms with Gasteiger partial charge in [-0.1, -0.05) is 12.1 Å². The predicted molar refractivity (Wildman–Crippen MR) is 107 cm³/mol. The van der Waals surface area contributed by atoms with Crippen LogP contribution in [0, 0.1) is 0 Å². The lowest BCUT2D eigenvalue weighted by molar-refractivity contribution is 0.322. The number of guanidine groups is 1. The van der Waals surface area contributed by atoms with E-state index >= 15 is 0 Å². The number of hydrogen-bond donors (Lipinski definition) is 2. The van der Waals surface area contributed by atoms with Gasteiger partial charge in [0, 0.05) is 24.8 Å². The zero-order valence-electron chi connectivity index (χ0n) is 16.4. The topological polar surface area (TPSA) is 77.0 Å². The molecule has 0 radical (unpaired) electrons. The van der Waals surface area contributed by atoms with Crippen molar-refractivity contribution in [2.75, 3.05) is 34.4 Å². The minimum atomic E-state index is 0.524. The summed E-state index contributed by atoms with van der Waals surface area (Å²) in [4.78, 5) is 8.87. The Morgan fingerprint density at radius 2 is 1.81 bits per heavy atom. The SMILES string of the molecule is CCNC(=NCc1ccccn1)NCCc1ccc(OC)c(OC)c1OC. The number of nitrogens with one attached hydrogen (secondary N) is 2. The normalized spacial score (nSPS) is 11.0. The first-order chi connectivity index (χ1) is 13.2. The standard InChI is InChI=1S/C20H28N4O3/c1-5-21-20(24-14-16-8-6-7-12-22-16)23-13-11-15-9-10-17(25-2)19(27-4)18(15)26-3/h6-10,12H,5,11,13-14H2,1-4H3,(H2,21,23,24). The van der Waals surface area contributed by atoms with Crippen LogP contribution < -0.4 is 24.8 Å². The third kappa shape index (κ3) is 5.77. The van der Waals surface area contributed by atoms with Crippen LogP contribution in [-0.4, -0.2) is 45.4 Å². The molecule has 0 bridgehead atoms. The third-order valence-electron chi connectivity index (χ3n) is 3.94. The van der Waals surface area contributed by atoms with Gasteiger partial charge in [-0.2, -0.15) is 0 Å². The molecule has 0 fully saturated rings.